The Morgan fingerprint density at radius 2 is 1.84 bits per heavy atom. The molecule has 0 aliphatic carbocycles. The number of hydrogen-bond acceptors (Lipinski definition) is 8. The third-order valence-electron chi connectivity index (χ3n) is 3.76. The summed E-state index contributed by atoms with van der Waals surface area (Å²) in [5.74, 6) is 1.19. The number of nitrogens with zero attached hydrogens (tertiary/aromatic N) is 1. The second-order valence-electron chi connectivity index (χ2n) is 6.58. The van der Waals surface area contributed by atoms with Crippen molar-refractivity contribution in [1.82, 2.24) is 4.98 Å². The zero-order chi connectivity index (χ0) is 22.2. The zero-order valence-corrected chi connectivity index (χ0v) is 18.9. The van der Waals surface area contributed by atoms with Crippen molar-refractivity contribution in [3.63, 3.8) is 0 Å². The standard InChI is InChI=1S/C22H22N2O5S2/c1-14(2)28-17-9-15(10-18(11-17)29-16-7-5-4-6-8-16)21(26)24-22-23-12-20(31-22)30-13-19(25)27-3/h4-12,14H,13H2,1-3H3,(H,23,24,26). The lowest BCUT2D eigenvalue weighted by molar-refractivity contribution is -0.137. The number of thiazole rings is 1. The maximum Gasteiger partial charge on any atom is 0.316 e. The third-order valence-corrected chi connectivity index (χ3v) is 5.84. The Morgan fingerprint density at radius 1 is 1.10 bits per heavy atom. The molecule has 0 aliphatic heterocycles. The molecule has 31 heavy (non-hydrogen) atoms. The summed E-state index contributed by atoms with van der Waals surface area (Å²) in [6.07, 6.45) is 1.55. The lowest BCUT2D eigenvalue weighted by Crippen LogP contribution is -2.13. The lowest BCUT2D eigenvalue weighted by atomic mass is 10.2. The number of para-hydroxylation sites is 1. The number of carbonyl (C=O) groups excluding carboxylic acids is 2. The van der Waals surface area contributed by atoms with Gasteiger partial charge >= 0.3 is 5.97 Å². The van der Waals surface area contributed by atoms with Gasteiger partial charge < -0.3 is 14.2 Å². The minimum atomic E-state index is -0.342. The highest BCUT2D eigenvalue weighted by atomic mass is 32.2. The summed E-state index contributed by atoms with van der Waals surface area (Å²) in [6, 6.07) is 14.4. The van der Waals surface area contributed by atoms with Gasteiger partial charge in [-0.05, 0) is 38.1 Å². The number of benzene rings is 2. The molecule has 3 rings (SSSR count). The van der Waals surface area contributed by atoms with Crippen molar-refractivity contribution >= 4 is 40.1 Å². The number of nitrogens with one attached hydrogen (secondary N) is 1. The molecule has 0 saturated carbocycles. The largest absolute Gasteiger partial charge is 0.491 e. The average Bonchev–Trinajstić information content (AvgIpc) is 3.19. The van der Waals surface area contributed by atoms with Gasteiger partial charge in [0.25, 0.3) is 5.91 Å². The van der Waals surface area contributed by atoms with Crippen LogP contribution in [0, 0.1) is 0 Å². The maximum atomic E-state index is 12.8. The highest BCUT2D eigenvalue weighted by Gasteiger charge is 2.14. The van der Waals surface area contributed by atoms with Gasteiger partial charge in [-0.1, -0.05) is 29.5 Å². The second kappa shape index (κ2) is 10.8. The number of aromatic nitrogens is 1. The molecule has 162 valence electrons. The number of amides is 1. The van der Waals surface area contributed by atoms with E-state index in [1.807, 2.05) is 44.2 Å². The minimum absolute atomic E-state index is 0.0590. The van der Waals surface area contributed by atoms with Crippen LogP contribution in [0.5, 0.6) is 17.2 Å². The van der Waals surface area contributed by atoms with Gasteiger partial charge in [0.1, 0.15) is 17.2 Å². The summed E-state index contributed by atoms with van der Waals surface area (Å²) in [5, 5.41) is 3.21. The van der Waals surface area contributed by atoms with Crippen LogP contribution >= 0.6 is 23.1 Å². The van der Waals surface area contributed by atoms with Gasteiger partial charge in [0.15, 0.2) is 5.13 Å². The van der Waals surface area contributed by atoms with E-state index in [1.165, 1.54) is 30.2 Å². The lowest BCUT2D eigenvalue weighted by Gasteiger charge is -2.14. The molecule has 3 aromatic rings. The average molecular weight is 459 g/mol. The smallest absolute Gasteiger partial charge is 0.316 e. The Balaban J connectivity index is 1.75. The molecule has 7 nitrogen and oxygen atoms in total. The summed E-state index contributed by atoms with van der Waals surface area (Å²) in [4.78, 5) is 28.3. The monoisotopic (exact) mass is 458 g/mol. The number of rotatable bonds is 9. The SMILES string of the molecule is COC(=O)CSc1cnc(NC(=O)c2cc(Oc3ccccc3)cc(OC(C)C)c2)s1. The Kier molecular flexibility index (Phi) is 7.91. The number of ether oxygens (including phenoxy) is 3. The molecule has 0 atom stereocenters. The van der Waals surface area contributed by atoms with Crippen molar-refractivity contribution in [1.29, 1.82) is 0 Å². The highest BCUT2D eigenvalue weighted by molar-refractivity contribution is 8.01. The summed E-state index contributed by atoms with van der Waals surface area (Å²) in [5.41, 5.74) is 0.378. The van der Waals surface area contributed by atoms with Gasteiger partial charge in [-0.25, -0.2) is 4.98 Å². The predicted molar refractivity (Wildman–Crippen MR) is 122 cm³/mol. The number of hydrogen-bond donors (Lipinski definition) is 1. The Morgan fingerprint density at radius 3 is 2.55 bits per heavy atom. The summed E-state index contributed by atoms with van der Waals surface area (Å²) >= 11 is 2.58. The van der Waals surface area contributed by atoms with Crippen molar-refractivity contribution < 1.29 is 23.8 Å². The molecule has 0 spiro atoms. The van der Waals surface area contributed by atoms with Crippen LogP contribution in [0.4, 0.5) is 5.13 Å². The van der Waals surface area contributed by atoms with Crippen molar-refractivity contribution in [2.75, 3.05) is 18.2 Å². The van der Waals surface area contributed by atoms with Crippen LogP contribution < -0.4 is 14.8 Å². The highest BCUT2D eigenvalue weighted by Crippen LogP contribution is 2.31. The van der Waals surface area contributed by atoms with E-state index < -0.39 is 0 Å². The van der Waals surface area contributed by atoms with E-state index in [9.17, 15) is 9.59 Å². The minimum Gasteiger partial charge on any atom is -0.491 e. The van der Waals surface area contributed by atoms with Crippen LogP contribution in [-0.4, -0.2) is 35.8 Å². The molecule has 1 amide bonds. The van der Waals surface area contributed by atoms with Gasteiger partial charge in [-0.15, -0.1) is 11.8 Å². The van der Waals surface area contributed by atoms with Crippen molar-refractivity contribution in [3.8, 4) is 17.2 Å². The molecule has 1 heterocycles. The van der Waals surface area contributed by atoms with Crippen LogP contribution in [0.25, 0.3) is 0 Å². The molecule has 9 heteroatoms. The summed E-state index contributed by atoms with van der Waals surface area (Å²) in [6.45, 7) is 3.82. The van der Waals surface area contributed by atoms with Crippen LogP contribution in [0.1, 0.15) is 24.2 Å². The van der Waals surface area contributed by atoms with Gasteiger partial charge in [0.05, 0.1) is 29.4 Å². The first kappa shape index (κ1) is 22.6. The molecule has 0 fully saturated rings. The first-order chi connectivity index (χ1) is 14.9. The topological polar surface area (TPSA) is 86.8 Å². The number of carbonyl (C=O) groups is 2. The molecule has 2 aromatic carbocycles. The van der Waals surface area contributed by atoms with Crippen LogP contribution in [0.2, 0.25) is 0 Å². The number of anilines is 1. The maximum absolute atomic E-state index is 12.8. The molecule has 0 radical (unpaired) electrons. The fourth-order valence-electron chi connectivity index (χ4n) is 2.47. The third kappa shape index (κ3) is 7.01. The van der Waals surface area contributed by atoms with E-state index in [0.29, 0.717) is 27.9 Å². The van der Waals surface area contributed by atoms with E-state index in [-0.39, 0.29) is 23.7 Å². The Hall–Kier alpha value is -3.04. The number of esters is 1. The molecule has 1 N–H and O–H groups in total. The van der Waals surface area contributed by atoms with Crippen LogP contribution in [-0.2, 0) is 9.53 Å². The quantitative estimate of drug-likeness (QED) is 0.347. The molecule has 0 unspecified atom stereocenters. The zero-order valence-electron chi connectivity index (χ0n) is 17.3. The van der Waals surface area contributed by atoms with E-state index in [1.54, 1.807) is 24.4 Å². The fraction of sp³-hybridized carbons (Fsp3) is 0.227. The van der Waals surface area contributed by atoms with Gasteiger partial charge in [-0.2, -0.15) is 0 Å². The molecular weight excluding hydrogens is 436 g/mol. The molecule has 1 aromatic heterocycles. The molecule has 0 saturated heterocycles. The first-order valence-corrected chi connectivity index (χ1v) is 11.2. The van der Waals surface area contributed by atoms with Crippen molar-refractivity contribution in [2.45, 2.75) is 24.2 Å². The van der Waals surface area contributed by atoms with E-state index in [0.717, 1.165) is 4.21 Å². The second-order valence-corrected chi connectivity index (χ2v) is 8.88. The Bertz CT molecular complexity index is 1040. The van der Waals surface area contributed by atoms with E-state index >= 15 is 0 Å². The first-order valence-electron chi connectivity index (χ1n) is 9.44. The predicted octanol–water partition coefficient (Wildman–Crippen LogP) is 5.24. The van der Waals surface area contributed by atoms with E-state index in [4.69, 9.17) is 9.47 Å². The van der Waals surface area contributed by atoms with Crippen LogP contribution in [0.3, 0.4) is 0 Å². The molecular formula is C22H22N2O5S2. The van der Waals surface area contributed by atoms with E-state index in [2.05, 4.69) is 15.0 Å². The van der Waals surface area contributed by atoms with Crippen molar-refractivity contribution in [2.24, 2.45) is 0 Å². The van der Waals surface area contributed by atoms with Crippen LogP contribution in [0.15, 0.2) is 58.9 Å². The fourth-order valence-corrected chi connectivity index (χ4v) is 4.17. The summed E-state index contributed by atoms with van der Waals surface area (Å²) in [7, 11) is 1.34. The normalized spacial score (nSPS) is 10.6. The molecule has 0 aliphatic rings. The van der Waals surface area contributed by atoms with Crippen molar-refractivity contribution in [3.05, 3.63) is 60.3 Å². The van der Waals surface area contributed by atoms with Gasteiger partial charge in [-0.3, -0.25) is 14.9 Å². The summed E-state index contributed by atoms with van der Waals surface area (Å²) < 4.78 is 17.1. The van der Waals surface area contributed by atoms with Gasteiger partial charge in [0, 0.05) is 11.6 Å². The number of thioether (sulfide) groups is 1. The number of methoxy groups -OCH3 is 1. The van der Waals surface area contributed by atoms with Gasteiger partial charge in [0.2, 0.25) is 0 Å². The Labute approximate surface area is 188 Å². The molecule has 0 bridgehead atoms.